The molecule has 28 heavy (non-hydrogen) atoms. The van der Waals surface area contributed by atoms with Gasteiger partial charge in [0.25, 0.3) is 16.3 Å². The average Bonchev–Trinajstić information content (AvgIpc) is 3.04. The van der Waals surface area contributed by atoms with Crippen LogP contribution in [-0.2, 0) is 33.2 Å². The molecule has 15 heteroatoms. The number of hydrogen-bond donors (Lipinski definition) is 0. The van der Waals surface area contributed by atoms with Crippen LogP contribution in [0.15, 0.2) is 5.16 Å². The van der Waals surface area contributed by atoms with E-state index in [4.69, 9.17) is 0 Å². The summed E-state index contributed by atoms with van der Waals surface area (Å²) in [6.45, 7) is 1.08. The van der Waals surface area contributed by atoms with Crippen molar-refractivity contribution < 1.29 is 48.7 Å². The second-order valence-corrected chi connectivity index (χ2v) is 8.38. The van der Waals surface area contributed by atoms with Crippen LogP contribution in [0.5, 0.6) is 5.88 Å². The predicted molar refractivity (Wildman–Crippen MR) is 79.7 cm³/mol. The normalized spacial score (nSPS) is 17.6. The molecule has 0 aromatic carbocycles. The van der Waals surface area contributed by atoms with Crippen molar-refractivity contribution in [1.29, 1.82) is 0 Å². The van der Waals surface area contributed by atoms with E-state index in [2.05, 4.69) is 19.8 Å². The van der Waals surface area contributed by atoms with Crippen LogP contribution in [0.1, 0.15) is 31.5 Å². The smallest absolute Gasteiger partial charge is 0.435 e. The van der Waals surface area contributed by atoms with Gasteiger partial charge in [0, 0.05) is 13.5 Å². The molecule has 0 amide bonds. The van der Waals surface area contributed by atoms with E-state index in [0.29, 0.717) is 7.05 Å². The van der Waals surface area contributed by atoms with E-state index in [-0.39, 0.29) is 4.68 Å². The number of ether oxygens (including phenoxy) is 1. The van der Waals surface area contributed by atoms with Crippen molar-refractivity contribution >= 4 is 14.9 Å². The van der Waals surface area contributed by atoms with E-state index in [9.17, 15) is 39.2 Å². The molecule has 2 rings (SSSR count). The van der Waals surface area contributed by atoms with Gasteiger partial charge in [-0.25, -0.2) is 21.9 Å². The number of halogens is 7. The van der Waals surface area contributed by atoms with Gasteiger partial charge in [0.05, 0.1) is 0 Å². The molecule has 0 bridgehead atoms. The first-order valence-electron chi connectivity index (χ1n) is 7.44. The Kier molecular flexibility index (Phi) is 5.38. The molecule has 0 spiro atoms. The van der Waals surface area contributed by atoms with Gasteiger partial charge in [0.2, 0.25) is 5.88 Å². The molecule has 0 aliphatic carbocycles. The Bertz CT molecular complexity index is 891. The van der Waals surface area contributed by atoms with E-state index in [1.807, 2.05) is 0 Å². The largest absolute Gasteiger partial charge is 0.471 e. The zero-order valence-electron chi connectivity index (χ0n) is 14.5. The molecule has 2 heterocycles. The Morgan fingerprint density at radius 2 is 1.82 bits per heavy atom. The van der Waals surface area contributed by atoms with Gasteiger partial charge in [0.15, 0.2) is 17.3 Å². The SMILES string of the molecule is Cn1nc(C(F)(F)F)c(C(F)(F)S(=O)(=O)C2=NOC(C)(C)C2)c1OCC(F)F. The Morgan fingerprint density at radius 3 is 2.25 bits per heavy atom. The van der Waals surface area contributed by atoms with Gasteiger partial charge in [-0.1, -0.05) is 5.16 Å². The van der Waals surface area contributed by atoms with Gasteiger partial charge in [-0.3, -0.25) is 0 Å². The second-order valence-electron chi connectivity index (χ2n) is 6.39. The van der Waals surface area contributed by atoms with Crippen LogP contribution in [-0.4, -0.2) is 41.9 Å². The summed E-state index contributed by atoms with van der Waals surface area (Å²) in [7, 11) is -5.11. The lowest BCUT2D eigenvalue weighted by Gasteiger charge is -2.19. The first-order chi connectivity index (χ1) is 12.5. The van der Waals surface area contributed by atoms with E-state index in [1.54, 1.807) is 0 Å². The molecule has 0 N–H and O–H groups in total. The van der Waals surface area contributed by atoms with Crippen LogP contribution in [0.3, 0.4) is 0 Å². The first kappa shape index (κ1) is 22.2. The number of aromatic nitrogens is 2. The molecule has 7 nitrogen and oxygen atoms in total. The summed E-state index contributed by atoms with van der Waals surface area (Å²) in [5.41, 5.74) is -5.77. The zero-order valence-corrected chi connectivity index (χ0v) is 15.3. The monoisotopic (exact) mass is 441 g/mol. The van der Waals surface area contributed by atoms with Crippen molar-refractivity contribution in [2.75, 3.05) is 6.61 Å². The van der Waals surface area contributed by atoms with Crippen LogP contribution in [0.25, 0.3) is 0 Å². The maximum atomic E-state index is 14.9. The molecule has 0 fully saturated rings. The van der Waals surface area contributed by atoms with Gasteiger partial charge in [-0.15, -0.1) is 0 Å². The topological polar surface area (TPSA) is 82.8 Å². The molecular weight excluding hydrogens is 427 g/mol. The molecule has 0 saturated carbocycles. The van der Waals surface area contributed by atoms with Gasteiger partial charge in [-0.05, 0) is 13.8 Å². The fourth-order valence-corrected chi connectivity index (χ4v) is 3.73. The number of sulfone groups is 1. The summed E-state index contributed by atoms with van der Waals surface area (Å²) in [6, 6.07) is 0. The van der Waals surface area contributed by atoms with Crippen molar-refractivity contribution in [3.8, 4) is 5.88 Å². The summed E-state index contributed by atoms with van der Waals surface area (Å²) in [5.74, 6) is -1.46. The number of hydrogen-bond acceptors (Lipinski definition) is 6. The highest BCUT2D eigenvalue weighted by Crippen LogP contribution is 2.48. The van der Waals surface area contributed by atoms with Crippen molar-refractivity contribution in [3.05, 3.63) is 11.3 Å². The summed E-state index contributed by atoms with van der Waals surface area (Å²) >= 11 is 0. The predicted octanol–water partition coefficient (Wildman–Crippen LogP) is 3.06. The summed E-state index contributed by atoms with van der Waals surface area (Å²) in [5, 5.41) is -0.604. The summed E-state index contributed by atoms with van der Waals surface area (Å²) in [4.78, 5) is 4.68. The minimum atomic E-state index is -5.82. The van der Waals surface area contributed by atoms with Gasteiger partial charge >= 0.3 is 11.4 Å². The van der Waals surface area contributed by atoms with E-state index in [1.165, 1.54) is 13.8 Å². The average molecular weight is 441 g/mol. The van der Waals surface area contributed by atoms with Crippen molar-refractivity contribution in [2.45, 2.75) is 43.7 Å². The van der Waals surface area contributed by atoms with Crippen LogP contribution in [0.2, 0.25) is 0 Å². The lowest BCUT2D eigenvalue weighted by atomic mass is 10.1. The molecular formula is C13H14F7N3O4S. The highest BCUT2D eigenvalue weighted by Gasteiger charge is 2.60. The maximum absolute atomic E-state index is 14.9. The first-order valence-corrected chi connectivity index (χ1v) is 8.92. The van der Waals surface area contributed by atoms with E-state index >= 15 is 0 Å². The Balaban J connectivity index is 2.66. The Hall–Kier alpha value is -2.06. The lowest BCUT2D eigenvalue weighted by molar-refractivity contribution is -0.143. The minimum Gasteiger partial charge on any atom is -0.471 e. The fraction of sp³-hybridized carbons (Fsp3) is 0.692. The highest BCUT2D eigenvalue weighted by molar-refractivity contribution is 8.06. The molecule has 0 atom stereocenters. The van der Waals surface area contributed by atoms with Crippen LogP contribution in [0.4, 0.5) is 30.7 Å². The highest BCUT2D eigenvalue weighted by atomic mass is 32.2. The molecule has 0 saturated heterocycles. The molecule has 0 unspecified atom stereocenters. The Labute approximate surface area is 154 Å². The molecule has 1 aliphatic heterocycles. The number of alkyl halides is 7. The van der Waals surface area contributed by atoms with Gasteiger partial charge in [0.1, 0.15) is 11.2 Å². The van der Waals surface area contributed by atoms with Crippen molar-refractivity contribution in [1.82, 2.24) is 9.78 Å². The van der Waals surface area contributed by atoms with Crippen molar-refractivity contribution in [3.63, 3.8) is 0 Å². The van der Waals surface area contributed by atoms with Crippen molar-refractivity contribution in [2.24, 2.45) is 12.2 Å². The quantitative estimate of drug-likeness (QED) is 0.656. The third-order valence-electron chi connectivity index (χ3n) is 3.52. The van der Waals surface area contributed by atoms with E-state index in [0.717, 1.165) is 0 Å². The molecule has 160 valence electrons. The molecule has 1 aromatic rings. The maximum Gasteiger partial charge on any atom is 0.435 e. The third-order valence-corrected chi connectivity index (χ3v) is 5.24. The zero-order chi connectivity index (χ0) is 21.7. The minimum absolute atomic E-state index is 0.112. The standard InChI is InChI=1S/C13H14F7N3O4S/c1-11(2)4-7(22-27-11)28(24,25)13(19,20)8-9(12(16,17)18)21-23(3)10(8)26-5-6(14)15/h6H,4-5H2,1-3H3. The summed E-state index contributed by atoms with van der Waals surface area (Å²) < 4.78 is 123. The van der Waals surface area contributed by atoms with Gasteiger partial charge < -0.3 is 9.57 Å². The molecule has 1 aromatic heterocycles. The number of nitrogens with zero attached hydrogens (tertiary/aromatic N) is 3. The number of aryl methyl sites for hydroxylation is 1. The number of oxime groups is 1. The summed E-state index contributed by atoms with van der Waals surface area (Å²) in [6.07, 6.45) is -9.39. The Morgan fingerprint density at radius 1 is 1.25 bits per heavy atom. The van der Waals surface area contributed by atoms with E-state index < -0.39 is 68.5 Å². The van der Waals surface area contributed by atoms with Crippen LogP contribution < -0.4 is 4.74 Å². The lowest BCUT2D eigenvalue weighted by Crippen LogP contribution is -2.35. The van der Waals surface area contributed by atoms with Gasteiger partial charge in [-0.2, -0.15) is 27.1 Å². The fourth-order valence-electron chi connectivity index (χ4n) is 2.31. The van der Waals surface area contributed by atoms with Crippen LogP contribution in [0, 0.1) is 0 Å². The number of rotatable bonds is 5. The second kappa shape index (κ2) is 6.77. The third kappa shape index (κ3) is 3.89. The van der Waals surface area contributed by atoms with Crippen LogP contribution >= 0.6 is 0 Å². The molecule has 1 aliphatic rings. The molecule has 0 radical (unpaired) electrons.